The van der Waals surface area contributed by atoms with E-state index in [0.717, 1.165) is 0 Å². The molecule has 21 heavy (non-hydrogen) atoms. The molecule has 0 aromatic heterocycles. The molecule has 0 bridgehead atoms. The van der Waals surface area contributed by atoms with Crippen LogP contribution >= 0.6 is 0 Å². The number of aliphatic hydroxyl groups is 1. The fourth-order valence-corrected chi connectivity index (χ4v) is 1.33. The van der Waals surface area contributed by atoms with E-state index < -0.39 is 48.5 Å². The number of hydrogen-bond donors (Lipinski definition) is 6. The highest BCUT2D eigenvalue weighted by atomic mass is 16.4. The Morgan fingerprint density at radius 3 is 2.19 bits per heavy atom. The Morgan fingerprint density at radius 2 is 1.76 bits per heavy atom. The highest BCUT2D eigenvalue weighted by Gasteiger charge is 2.26. The third-order valence-corrected chi connectivity index (χ3v) is 2.49. The minimum Gasteiger partial charge on any atom is -0.480 e. The number of aliphatic carboxylic acids is 2. The Labute approximate surface area is 120 Å². The van der Waals surface area contributed by atoms with Gasteiger partial charge in [-0.2, -0.15) is 0 Å². The van der Waals surface area contributed by atoms with E-state index in [0.29, 0.717) is 0 Å². The third-order valence-electron chi connectivity index (χ3n) is 2.49. The lowest BCUT2D eigenvalue weighted by Crippen LogP contribution is -2.53. The summed E-state index contributed by atoms with van der Waals surface area (Å²) in [6.07, 6.45) is -1.64. The molecule has 0 fully saturated rings. The second-order valence-corrected chi connectivity index (χ2v) is 4.38. The third kappa shape index (κ3) is 7.84. The van der Waals surface area contributed by atoms with Crippen LogP contribution in [-0.2, 0) is 19.2 Å². The molecule has 0 aliphatic rings. The summed E-state index contributed by atoms with van der Waals surface area (Å²) in [5, 5.41) is 30.6. The standard InChI is InChI=1S/C11H19N3O7/c1-5(15)9(10(19)13-4-8(17)18)14-7(16)3-2-6(12)11(20)21/h5-6,9,15H,2-4,12H2,1H3,(H,13,19)(H,14,16)(H,17,18)(H,20,21)/t5-,6+,9+/m1/s1. The van der Waals surface area contributed by atoms with Gasteiger partial charge in [-0.3, -0.25) is 19.2 Å². The molecular weight excluding hydrogens is 286 g/mol. The maximum Gasteiger partial charge on any atom is 0.322 e. The molecule has 0 rings (SSSR count). The van der Waals surface area contributed by atoms with E-state index in [-0.39, 0.29) is 12.8 Å². The molecule has 0 aromatic rings. The summed E-state index contributed by atoms with van der Waals surface area (Å²) in [5.74, 6) is -4.06. The quantitative estimate of drug-likeness (QED) is 0.265. The van der Waals surface area contributed by atoms with Gasteiger partial charge in [0.1, 0.15) is 18.6 Å². The van der Waals surface area contributed by atoms with Crippen LogP contribution in [0.2, 0.25) is 0 Å². The van der Waals surface area contributed by atoms with Gasteiger partial charge in [0.15, 0.2) is 0 Å². The lowest BCUT2D eigenvalue weighted by molar-refractivity contribution is -0.139. The average molecular weight is 305 g/mol. The van der Waals surface area contributed by atoms with Crippen molar-refractivity contribution in [3.8, 4) is 0 Å². The first kappa shape index (κ1) is 18.8. The Morgan fingerprint density at radius 1 is 1.19 bits per heavy atom. The molecule has 0 saturated carbocycles. The summed E-state index contributed by atoms with van der Waals surface area (Å²) in [7, 11) is 0. The van der Waals surface area contributed by atoms with Gasteiger partial charge >= 0.3 is 11.9 Å². The van der Waals surface area contributed by atoms with E-state index >= 15 is 0 Å². The van der Waals surface area contributed by atoms with Crippen molar-refractivity contribution in [2.45, 2.75) is 38.0 Å². The zero-order valence-electron chi connectivity index (χ0n) is 11.4. The summed E-state index contributed by atoms with van der Waals surface area (Å²) in [6, 6.07) is -2.54. The van der Waals surface area contributed by atoms with Gasteiger partial charge in [-0.15, -0.1) is 0 Å². The number of carboxylic acid groups (broad SMARTS) is 2. The summed E-state index contributed by atoms with van der Waals surface area (Å²) < 4.78 is 0. The minimum absolute atomic E-state index is 0.134. The summed E-state index contributed by atoms with van der Waals surface area (Å²) in [6.45, 7) is 0.593. The Balaban J connectivity index is 4.43. The van der Waals surface area contributed by atoms with Gasteiger partial charge in [-0.05, 0) is 13.3 Å². The van der Waals surface area contributed by atoms with Crippen molar-refractivity contribution in [2.24, 2.45) is 5.73 Å². The van der Waals surface area contributed by atoms with E-state index in [1.54, 1.807) is 0 Å². The van der Waals surface area contributed by atoms with Gasteiger partial charge in [-0.1, -0.05) is 0 Å². The number of aliphatic hydroxyl groups excluding tert-OH is 1. The van der Waals surface area contributed by atoms with Crippen LogP contribution in [0.5, 0.6) is 0 Å². The molecule has 2 amide bonds. The number of nitrogens with one attached hydrogen (secondary N) is 2. The Bertz CT molecular complexity index is 411. The maximum atomic E-state index is 11.6. The zero-order chi connectivity index (χ0) is 16.6. The first-order chi connectivity index (χ1) is 9.65. The van der Waals surface area contributed by atoms with E-state index in [1.807, 2.05) is 5.32 Å². The molecule has 10 nitrogen and oxygen atoms in total. The molecule has 0 aliphatic carbocycles. The van der Waals surface area contributed by atoms with Crippen LogP contribution in [0.1, 0.15) is 19.8 Å². The first-order valence-electron chi connectivity index (χ1n) is 6.10. The molecule has 0 aliphatic heterocycles. The van der Waals surface area contributed by atoms with E-state index in [4.69, 9.17) is 15.9 Å². The smallest absolute Gasteiger partial charge is 0.322 e. The number of carbonyl (C=O) groups is 4. The fraction of sp³-hybridized carbons (Fsp3) is 0.636. The molecule has 0 unspecified atom stereocenters. The Kier molecular flexibility index (Phi) is 7.94. The van der Waals surface area contributed by atoms with Crippen LogP contribution in [0, 0.1) is 0 Å². The highest BCUT2D eigenvalue weighted by Crippen LogP contribution is 1.99. The normalized spacial score (nSPS) is 14.6. The van der Waals surface area contributed by atoms with Crippen LogP contribution in [0.4, 0.5) is 0 Å². The lowest BCUT2D eigenvalue weighted by atomic mass is 10.1. The molecule has 0 heterocycles. The van der Waals surface area contributed by atoms with Crippen molar-refractivity contribution >= 4 is 23.8 Å². The van der Waals surface area contributed by atoms with Crippen molar-refractivity contribution in [1.82, 2.24) is 10.6 Å². The molecule has 10 heteroatoms. The van der Waals surface area contributed by atoms with Crippen LogP contribution in [-0.4, -0.2) is 63.8 Å². The average Bonchev–Trinajstić information content (AvgIpc) is 2.38. The van der Waals surface area contributed by atoms with Gasteiger partial charge in [0.05, 0.1) is 6.10 Å². The Hall–Kier alpha value is -2.20. The van der Waals surface area contributed by atoms with Crippen molar-refractivity contribution in [3.05, 3.63) is 0 Å². The largest absolute Gasteiger partial charge is 0.480 e. The SMILES string of the molecule is C[C@@H](O)[C@H](NC(=O)CC[C@H](N)C(=O)O)C(=O)NCC(=O)O. The van der Waals surface area contributed by atoms with E-state index in [9.17, 15) is 24.3 Å². The maximum absolute atomic E-state index is 11.6. The minimum atomic E-state index is -1.34. The highest BCUT2D eigenvalue weighted by molar-refractivity contribution is 5.90. The van der Waals surface area contributed by atoms with Gasteiger partial charge in [0, 0.05) is 6.42 Å². The lowest BCUT2D eigenvalue weighted by Gasteiger charge is -2.20. The number of hydrogen-bond acceptors (Lipinski definition) is 6. The molecule has 3 atom stereocenters. The molecule has 120 valence electrons. The first-order valence-corrected chi connectivity index (χ1v) is 6.10. The summed E-state index contributed by atoms with van der Waals surface area (Å²) in [5.41, 5.74) is 5.22. The van der Waals surface area contributed by atoms with Crippen molar-refractivity contribution in [1.29, 1.82) is 0 Å². The van der Waals surface area contributed by atoms with E-state index in [1.165, 1.54) is 6.92 Å². The second kappa shape index (κ2) is 8.87. The van der Waals surface area contributed by atoms with E-state index in [2.05, 4.69) is 5.32 Å². The fourth-order valence-electron chi connectivity index (χ4n) is 1.33. The zero-order valence-corrected chi connectivity index (χ0v) is 11.4. The molecule has 0 spiro atoms. The van der Waals surface area contributed by atoms with Gasteiger partial charge < -0.3 is 31.7 Å². The van der Waals surface area contributed by atoms with Gasteiger partial charge in [0.2, 0.25) is 11.8 Å². The van der Waals surface area contributed by atoms with Crippen molar-refractivity contribution in [3.63, 3.8) is 0 Å². The number of carbonyl (C=O) groups excluding carboxylic acids is 2. The molecule has 0 saturated heterocycles. The number of carboxylic acids is 2. The predicted molar refractivity (Wildman–Crippen MR) is 69.1 cm³/mol. The number of rotatable bonds is 9. The summed E-state index contributed by atoms with van der Waals surface area (Å²) in [4.78, 5) is 44.0. The van der Waals surface area contributed by atoms with Gasteiger partial charge in [0.25, 0.3) is 0 Å². The second-order valence-electron chi connectivity index (χ2n) is 4.38. The predicted octanol–water partition coefficient (Wildman–Crippen LogP) is -2.76. The molecular formula is C11H19N3O7. The van der Waals surface area contributed by atoms with Crippen molar-refractivity contribution < 1.29 is 34.5 Å². The van der Waals surface area contributed by atoms with Crippen LogP contribution < -0.4 is 16.4 Å². The topological polar surface area (TPSA) is 179 Å². The monoisotopic (exact) mass is 305 g/mol. The molecule has 0 radical (unpaired) electrons. The van der Waals surface area contributed by atoms with Crippen LogP contribution in [0.3, 0.4) is 0 Å². The summed E-state index contributed by atoms with van der Waals surface area (Å²) >= 11 is 0. The molecule has 0 aromatic carbocycles. The number of nitrogens with two attached hydrogens (primary N) is 1. The number of amides is 2. The van der Waals surface area contributed by atoms with Crippen molar-refractivity contribution in [2.75, 3.05) is 6.54 Å². The van der Waals surface area contributed by atoms with Crippen LogP contribution in [0.25, 0.3) is 0 Å². The molecule has 7 N–H and O–H groups in total. The van der Waals surface area contributed by atoms with Gasteiger partial charge in [-0.25, -0.2) is 0 Å². The van der Waals surface area contributed by atoms with Crippen LogP contribution in [0.15, 0.2) is 0 Å².